The Labute approximate surface area is 114 Å². The zero-order valence-electron chi connectivity index (χ0n) is 11.8. The van der Waals surface area contributed by atoms with Crippen molar-refractivity contribution >= 4 is 11.8 Å². The molecule has 1 heterocycles. The van der Waals surface area contributed by atoms with Gasteiger partial charge in [0.05, 0.1) is 5.54 Å². The molecule has 0 spiro atoms. The fraction of sp³-hybridized carbons (Fsp3) is 0.857. The zero-order chi connectivity index (χ0) is 13.9. The summed E-state index contributed by atoms with van der Waals surface area (Å²) in [5.74, 6) is 0.0571. The number of nitrogens with one attached hydrogen (secondary N) is 1. The number of hydrogen-bond donors (Lipinski definition) is 2. The van der Waals surface area contributed by atoms with E-state index in [0.29, 0.717) is 6.54 Å². The fourth-order valence-electron chi connectivity index (χ4n) is 3.28. The van der Waals surface area contributed by atoms with Gasteiger partial charge in [0.25, 0.3) is 0 Å². The minimum absolute atomic E-state index is 0.0283. The van der Waals surface area contributed by atoms with Gasteiger partial charge in [-0.05, 0) is 25.7 Å². The van der Waals surface area contributed by atoms with Crippen molar-refractivity contribution in [2.75, 3.05) is 13.1 Å². The van der Waals surface area contributed by atoms with Gasteiger partial charge in [-0.15, -0.1) is 0 Å². The number of piperidine rings is 1. The Morgan fingerprint density at radius 2 is 1.89 bits per heavy atom. The first-order chi connectivity index (χ1) is 9.01. The van der Waals surface area contributed by atoms with Crippen LogP contribution in [0.1, 0.15) is 51.9 Å². The predicted octanol–water partition coefficient (Wildman–Crippen LogP) is 0.775. The SMILES string of the molecule is CC(=O)N[C@H]1CCCN(C(=O)C2(N)CCCCC2)C1. The molecule has 1 aliphatic heterocycles. The van der Waals surface area contributed by atoms with Crippen molar-refractivity contribution in [2.45, 2.75) is 63.5 Å². The van der Waals surface area contributed by atoms with E-state index in [1.807, 2.05) is 4.90 Å². The van der Waals surface area contributed by atoms with Gasteiger partial charge in [-0.2, -0.15) is 0 Å². The molecule has 1 saturated heterocycles. The average Bonchev–Trinajstić information content (AvgIpc) is 2.38. The summed E-state index contributed by atoms with van der Waals surface area (Å²) in [6, 6.07) is 0.0855. The van der Waals surface area contributed by atoms with Crippen molar-refractivity contribution in [1.29, 1.82) is 0 Å². The van der Waals surface area contributed by atoms with E-state index in [2.05, 4.69) is 5.32 Å². The molecule has 2 rings (SSSR count). The van der Waals surface area contributed by atoms with Gasteiger partial charge in [0.2, 0.25) is 11.8 Å². The lowest BCUT2D eigenvalue weighted by Crippen LogP contribution is -2.60. The van der Waals surface area contributed by atoms with Gasteiger partial charge in [-0.25, -0.2) is 0 Å². The van der Waals surface area contributed by atoms with Crippen LogP contribution in [0.4, 0.5) is 0 Å². The Bertz CT molecular complexity index is 351. The van der Waals surface area contributed by atoms with Crippen molar-refractivity contribution < 1.29 is 9.59 Å². The Morgan fingerprint density at radius 3 is 2.53 bits per heavy atom. The predicted molar refractivity (Wildman–Crippen MR) is 73.4 cm³/mol. The molecule has 2 aliphatic rings. The maximum atomic E-state index is 12.6. The minimum Gasteiger partial charge on any atom is -0.352 e. The first-order valence-corrected chi connectivity index (χ1v) is 7.37. The van der Waals surface area contributed by atoms with Gasteiger partial charge >= 0.3 is 0 Å². The Kier molecular flexibility index (Phi) is 4.45. The summed E-state index contributed by atoms with van der Waals surface area (Å²) in [5.41, 5.74) is 5.65. The quantitative estimate of drug-likeness (QED) is 0.776. The summed E-state index contributed by atoms with van der Waals surface area (Å²) < 4.78 is 0. The van der Waals surface area contributed by atoms with Crippen LogP contribution in [0.5, 0.6) is 0 Å². The summed E-state index contributed by atoms with van der Waals surface area (Å²) in [7, 11) is 0. The molecule has 0 aromatic carbocycles. The number of carbonyl (C=O) groups excluding carboxylic acids is 2. The smallest absolute Gasteiger partial charge is 0.242 e. The number of likely N-dealkylation sites (tertiary alicyclic amines) is 1. The highest BCUT2D eigenvalue weighted by atomic mass is 16.2. The molecule has 0 unspecified atom stereocenters. The zero-order valence-corrected chi connectivity index (χ0v) is 11.8. The number of carbonyl (C=O) groups is 2. The summed E-state index contributed by atoms with van der Waals surface area (Å²) in [4.78, 5) is 25.6. The van der Waals surface area contributed by atoms with E-state index in [9.17, 15) is 9.59 Å². The molecule has 0 radical (unpaired) electrons. The van der Waals surface area contributed by atoms with Crippen LogP contribution in [0.15, 0.2) is 0 Å². The van der Waals surface area contributed by atoms with Crippen LogP contribution in [0.3, 0.4) is 0 Å². The number of amides is 2. The lowest BCUT2D eigenvalue weighted by Gasteiger charge is -2.40. The maximum absolute atomic E-state index is 12.6. The molecule has 1 aliphatic carbocycles. The standard InChI is InChI=1S/C14H25N3O2/c1-11(18)16-12-6-5-9-17(10-12)13(19)14(15)7-3-2-4-8-14/h12H,2-10,15H2,1H3,(H,16,18)/t12-/m0/s1. The molecule has 2 fully saturated rings. The highest BCUT2D eigenvalue weighted by molar-refractivity contribution is 5.86. The number of nitrogens with two attached hydrogens (primary N) is 1. The Balaban J connectivity index is 1.96. The molecule has 1 atom stereocenters. The van der Waals surface area contributed by atoms with Gasteiger partial charge in [0.1, 0.15) is 0 Å². The van der Waals surface area contributed by atoms with E-state index in [-0.39, 0.29) is 17.9 Å². The normalized spacial score (nSPS) is 26.8. The molecule has 2 amide bonds. The minimum atomic E-state index is -0.656. The average molecular weight is 267 g/mol. The third-order valence-corrected chi connectivity index (χ3v) is 4.29. The van der Waals surface area contributed by atoms with Gasteiger partial charge in [-0.3, -0.25) is 9.59 Å². The molecule has 0 aromatic heterocycles. The largest absolute Gasteiger partial charge is 0.352 e. The number of rotatable bonds is 2. The molecule has 0 aromatic rings. The number of hydrogen-bond acceptors (Lipinski definition) is 3. The Morgan fingerprint density at radius 1 is 1.21 bits per heavy atom. The molecule has 5 nitrogen and oxygen atoms in total. The van der Waals surface area contributed by atoms with Gasteiger partial charge < -0.3 is 16.0 Å². The van der Waals surface area contributed by atoms with E-state index in [1.165, 1.54) is 13.3 Å². The number of nitrogens with zero attached hydrogens (tertiary/aromatic N) is 1. The molecular weight excluding hydrogens is 242 g/mol. The van der Waals surface area contributed by atoms with E-state index in [0.717, 1.165) is 45.1 Å². The third kappa shape index (κ3) is 3.47. The summed E-state index contributed by atoms with van der Waals surface area (Å²) in [6.45, 7) is 2.90. The topological polar surface area (TPSA) is 75.4 Å². The van der Waals surface area contributed by atoms with E-state index < -0.39 is 5.54 Å². The van der Waals surface area contributed by atoms with Crippen LogP contribution >= 0.6 is 0 Å². The van der Waals surface area contributed by atoms with Gasteiger partial charge in [0.15, 0.2) is 0 Å². The molecule has 1 saturated carbocycles. The van der Waals surface area contributed by atoms with Crippen LogP contribution in [0.25, 0.3) is 0 Å². The van der Waals surface area contributed by atoms with E-state index in [4.69, 9.17) is 5.73 Å². The van der Waals surface area contributed by atoms with Crippen molar-refractivity contribution in [1.82, 2.24) is 10.2 Å². The van der Waals surface area contributed by atoms with Gasteiger partial charge in [0, 0.05) is 26.1 Å². The van der Waals surface area contributed by atoms with Crippen molar-refractivity contribution in [3.63, 3.8) is 0 Å². The third-order valence-electron chi connectivity index (χ3n) is 4.29. The molecule has 108 valence electrons. The van der Waals surface area contributed by atoms with Crippen molar-refractivity contribution in [3.8, 4) is 0 Å². The Hall–Kier alpha value is -1.10. The lowest BCUT2D eigenvalue weighted by atomic mass is 9.81. The van der Waals surface area contributed by atoms with Crippen LogP contribution in [0, 0.1) is 0 Å². The first kappa shape index (κ1) is 14.3. The summed E-state index contributed by atoms with van der Waals surface area (Å²) in [6.07, 6.45) is 6.76. The van der Waals surface area contributed by atoms with Crippen molar-refractivity contribution in [3.05, 3.63) is 0 Å². The van der Waals surface area contributed by atoms with Crippen LogP contribution in [-0.4, -0.2) is 41.4 Å². The molecular formula is C14H25N3O2. The van der Waals surface area contributed by atoms with Crippen LogP contribution in [-0.2, 0) is 9.59 Å². The first-order valence-electron chi connectivity index (χ1n) is 7.37. The molecule has 3 N–H and O–H groups in total. The summed E-state index contributed by atoms with van der Waals surface area (Å²) >= 11 is 0. The second kappa shape index (κ2) is 5.90. The molecule has 0 bridgehead atoms. The highest BCUT2D eigenvalue weighted by Gasteiger charge is 2.39. The maximum Gasteiger partial charge on any atom is 0.242 e. The second-order valence-electron chi connectivity index (χ2n) is 6.01. The lowest BCUT2D eigenvalue weighted by molar-refractivity contribution is -0.140. The van der Waals surface area contributed by atoms with E-state index >= 15 is 0 Å². The van der Waals surface area contributed by atoms with Crippen LogP contribution < -0.4 is 11.1 Å². The van der Waals surface area contributed by atoms with Crippen molar-refractivity contribution in [2.24, 2.45) is 5.73 Å². The highest BCUT2D eigenvalue weighted by Crippen LogP contribution is 2.28. The fourth-order valence-corrected chi connectivity index (χ4v) is 3.28. The summed E-state index contributed by atoms with van der Waals surface area (Å²) in [5, 5.41) is 2.91. The second-order valence-corrected chi connectivity index (χ2v) is 6.01. The van der Waals surface area contributed by atoms with Gasteiger partial charge in [-0.1, -0.05) is 19.3 Å². The molecule has 5 heteroatoms. The van der Waals surface area contributed by atoms with E-state index in [1.54, 1.807) is 0 Å². The monoisotopic (exact) mass is 267 g/mol. The van der Waals surface area contributed by atoms with Crippen LogP contribution in [0.2, 0.25) is 0 Å². The molecule has 19 heavy (non-hydrogen) atoms.